The average molecular weight is 158 g/mol. The summed E-state index contributed by atoms with van der Waals surface area (Å²) in [5, 5.41) is 0. The van der Waals surface area contributed by atoms with Gasteiger partial charge in [0.1, 0.15) is 5.83 Å². The molecule has 64 valence electrons. The monoisotopic (exact) mass is 158 g/mol. The molecule has 1 rings (SSSR count). The van der Waals surface area contributed by atoms with Crippen molar-refractivity contribution in [1.82, 2.24) is 4.90 Å². The van der Waals surface area contributed by atoms with E-state index in [0.29, 0.717) is 19.1 Å². The molecule has 0 aromatic heterocycles. The predicted octanol–water partition coefficient (Wildman–Crippen LogP) is 0.893. The Hall–Kier alpha value is -0.410. The first-order chi connectivity index (χ1) is 5.24. The second-order valence-electron chi connectivity index (χ2n) is 2.99. The molecule has 1 unspecified atom stereocenters. The quantitative estimate of drug-likeness (QED) is 0.646. The molecule has 0 amide bonds. The lowest BCUT2D eigenvalue weighted by Crippen LogP contribution is -2.41. The van der Waals surface area contributed by atoms with E-state index in [1.165, 1.54) is 0 Å². The first-order valence-electron chi connectivity index (χ1n) is 4.02. The fourth-order valence-corrected chi connectivity index (χ4v) is 1.25. The van der Waals surface area contributed by atoms with Gasteiger partial charge in [-0.15, -0.1) is 0 Å². The maximum atomic E-state index is 12.7. The van der Waals surface area contributed by atoms with Crippen molar-refractivity contribution in [3.8, 4) is 0 Å². The summed E-state index contributed by atoms with van der Waals surface area (Å²) in [6.07, 6.45) is 2.47. The summed E-state index contributed by atoms with van der Waals surface area (Å²) in [6, 6.07) is 0.300. The van der Waals surface area contributed by atoms with E-state index in [2.05, 4.69) is 4.90 Å². The Morgan fingerprint density at radius 2 is 2.55 bits per heavy atom. The van der Waals surface area contributed by atoms with Crippen LogP contribution < -0.4 is 5.73 Å². The van der Waals surface area contributed by atoms with E-state index in [4.69, 9.17) is 5.73 Å². The number of nitrogens with two attached hydrogens (primary N) is 1. The van der Waals surface area contributed by atoms with Crippen LogP contribution in [0.3, 0.4) is 0 Å². The standard InChI is InChI=1S/C8H15FN2/c1-7(5-10)11-4-2-3-8(9)6-11/h3,7H,2,4-6,10H2,1H3. The summed E-state index contributed by atoms with van der Waals surface area (Å²) >= 11 is 0. The van der Waals surface area contributed by atoms with Gasteiger partial charge in [0.25, 0.3) is 0 Å². The Balaban J connectivity index is 2.43. The molecule has 1 heterocycles. The zero-order valence-electron chi connectivity index (χ0n) is 6.89. The van der Waals surface area contributed by atoms with Gasteiger partial charge >= 0.3 is 0 Å². The molecule has 1 aliphatic heterocycles. The van der Waals surface area contributed by atoms with Gasteiger partial charge in [0, 0.05) is 19.1 Å². The fraction of sp³-hybridized carbons (Fsp3) is 0.750. The Bertz CT molecular complexity index is 156. The highest BCUT2D eigenvalue weighted by molar-refractivity contribution is 5.00. The SMILES string of the molecule is CC(CN)N1CCC=C(F)C1. The zero-order chi connectivity index (χ0) is 8.27. The van der Waals surface area contributed by atoms with Crippen molar-refractivity contribution in [3.05, 3.63) is 11.9 Å². The van der Waals surface area contributed by atoms with Crippen LogP contribution in [0, 0.1) is 0 Å². The minimum atomic E-state index is -0.0171. The Labute approximate surface area is 66.9 Å². The molecule has 2 nitrogen and oxygen atoms in total. The van der Waals surface area contributed by atoms with E-state index in [1.807, 2.05) is 6.92 Å². The summed E-state index contributed by atoms with van der Waals surface area (Å²) in [7, 11) is 0. The largest absolute Gasteiger partial charge is 0.329 e. The molecule has 0 aromatic carbocycles. The molecule has 0 saturated heterocycles. The molecule has 11 heavy (non-hydrogen) atoms. The molecule has 0 fully saturated rings. The Morgan fingerprint density at radius 3 is 3.09 bits per heavy atom. The lowest BCUT2D eigenvalue weighted by atomic mass is 10.2. The molecule has 0 bridgehead atoms. The molecule has 2 N–H and O–H groups in total. The summed E-state index contributed by atoms with van der Waals surface area (Å²) in [6.45, 7) is 4.01. The summed E-state index contributed by atoms with van der Waals surface area (Å²) in [5.74, 6) is -0.0171. The van der Waals surface area contributed by atoms with Crippen molar-refractivity contribution in [2.45, 2.75) is 19.4 Å². The lowest BCUT2D eigenvalue weighted by Gasteiger charge is -2.29. The third kappa shape index (κ3) is 2.27. The lowest BCUT2D eigenvalue weighted by molar-refractivity contribution is 0.210. The van der Waals surface area contributed by atoms with Crippen LogP contribution in [0.4, 0.5) is 4.39 Å². The van der Waals surface area contributed by atoms with E-state index >= 15 is 0 Å². The predicted molar refractivity (Wildman–Crippen MR) is 43.9 cm³/mol. The number of nitrogens with zero attached hydrogens (tertiary/aromatic N) is 1. The molecule has 1 atom stereocenters. The van der Waals surface area contributed by atoms with Crippen LogP contribution in [0.5, 0.6) is 0 Å². The van der Waals surface area contributed by atoms with Gasteiger partial charge in [0.05, 0.1) is 6.54 Å². The molecule has 0 aromatic rings. The van der Waals surface area contributed by atoms with Gasteiger partial charge in [-0.1, -0.05) is 6.08 Å². The van der Waals surface area contributed by atoms with E-state index < -0.39 is 0 Å². The molecule has 3 heteroatoms. The summed E-state index contributed by atoms with van der Waals surface area (Å²) < 4.78 is 12.7. The van der Waals surface area contributed by atoms with E-state index in [-0.39, 0.29) is 5.83 Å². The van der Waals surface area contributed by atoms with Crippen LogP contribution in [-0.4, -0.2) is 30.6 Å². The topological polar surface area (TPSA) is 29.3 Å². The van der Waals surface area contributed by atoms with Crippen LogP contribution in [0.15, 0.2) is 11.9 Å². The van der Waals surface area contributed by atoms with E-state index in [0.717, 1.165) is 13.0 Å². The number of halogens is 1. The number of rotatable bonds is 2. The molecule has 1 aliphatic rings. The van der Waals surface area contributed by atoms with Crippen LogP contribution in [0.2, 0.25) is 0 Å². The van der Waals surface area contributed by atoms with Gasteiger partial charge in [-0.05, 0) is 13.3 Å². The van der Waals surface area contributed by atoms with Gasteiger partial charge in [-0.3, -0.25) is 4.90 Å². The molecule has 0 spiro atoms. The van der Waals surface area contributed by atoms with Crippen molar-refractivity contribution in [3.63, 3.8) is 0 Å². The number of hydrogen-bond donors (Lipinski definition) is 1. The highest BCUT2D eigenvalue weighted by atomic mass is 19.1. The van der Waals surface area contributed by atoms with Crippen molar-refractivity contribution in [2.75, 3.05) is 19.6 Å². The van der Waals surface area contributed by atoms with Gasteiger partial charge in [0.15, 0.2) is 0 Å². The van der Waals surface area contributed by atoms with Gasteiger partial charge in [-0.25, -0.2) is 4.39 Å². The Kier molecular flexibility index (Phi) is 3.02. The molecular formula is C8H15FN2. The molecular weight excluding hydrogens is 143 g/mol. The zero-order valence-corrected chi connectivity index (χ0v) is 6.89. The maximum absolute atomic E-state index is 12.7. The van der Waals surface area contributed by atoms with Crippen molar-refractivity contribution >= 4 is 0 Å². The van der Waals surface area contributed by atoms with Crippen molar-refractivity contribution in [2.24, 2.45) is 5.73 Å². The highest BCUT2D eigenvalue weighted by Gasteiger charge is 2.16. The third-order valence-electron chi connectivity index (χ3n) is 2.10. The minimum absolute atomic E-state index is 0.0171. The smallest absolute Gasteiger partial charge is 0.110 e. The summed E-state index contributed by atoms with van der Waals surface area (Å²) in [5.41, 5.74) is 5.46. The van der Waals surface area contributed by atoms with Gasteiger partial charge in [-0.2, -0.15) is 0 Å². The second kappa shape index (κ2) is 3.83. The van der Waals surface area contributed by atoms with E-state index in [9.17, 15) is 4.39 Å². The first kappa shape index (κ1) is 8.68. The summed E-state index contributed by atoms with van der Waals surface area (Å²) in [4.78, 5) is 2.06. The highest BCUT2D eigenvalue weighted by Crippen LogP contribution is 2.12. The second-order valence-corrected chi connectivity index (χ2v) is 2.99. The number of hydrogen-bond acceptors (Lipinski definition) is 2. The Morgan fingerprint density at radius 1 is 1.82 bits per heavy atom. The van der Waals surface area contributed by atoms with Gasteiger partial charge < -0.3 is 5.73 Å². The fourth-order valence-electron chi connectivity index (χ4n) is 1.25. The average Bonchev–Trinajstić information content (AvgIpc) is 2.03. The third-order valence-corrected chi connectivity index (χ3v) is 2.10. The molecule has 0 aliphatic carbocycles. The first-order valence-corrected chi connectivity index (χ1v) is 4.02. The van der Waals surface area contributed by atoms with Crippen LogP contribution in [0.1, 0.15) is 13.3 Å². The van der Waals surface area contributed by atoms with Crippen LogP contribution >= 0.6 is 0 Å². The minimum Gasteiger partial charge on any atom is -0.329 e. The van der Waals surface area contributed by atoms with Crippen molar-refractivity contribution in [1.29, 1.82) is 0 Å². The maximum Gasteiger partial charge on any atom is 0.110 e. The van der Waals surface area contributed by atoms with Crippen LogP contribution in [-0.2, 0) is 0 Å². The van der Waals surface area contributed by atoms with Crippen LogP contribution in [0.25, 0.3) is 0 Å². The van der Waals surface area contributed by atoms with Gasteiger partial charge in [0.2, 0.25) is 0 Å². The molecule has 0 radical (unpaired) electrons. The molecule has 0 saturated carbocycles. The normalized spacial score (nSPS) is 23.0. The van der Waals surface area contributed by atoms with E-state index in [1.54, 1.807) is 6.08 Å². The van der Waals surface area contributed by atoms with Crippen molar-refractivity contribution < 1.29 is 4.39 Å².